The van der Waals surface area contributed by atoms with E-state index >= 15 is 0 Å². The highest BCUT2D eigenvalue weighted by molar-refractivity contribution is 7.80. The van der Waals surface area contributed by atoms with E-state index in [1.165, 1.54) is 0 Å². The molecule has 0 fully saturated rings. The van der Waals surface area contributed by atoms with Gasteiger partial charge in [0.1, 0.15) is 5.82 Å². The van der Waals surface area contributed by atoms with Crippen LogP contribution in [0.2, 0.25) is 0 Å². The molecule has 0 aliphatic carbocycles. The van der Waals surface area contributed by atoms with Crippen LogP contribution in [0.1, 0.15) is 5.56 Å². The standard InChI is InChI=1S/C8H11N3S/c1-6-3-4-10-7(5-6)11-8(12)9-2/h3-5H,1-2H3,(H2,9,10,11,12). The predicted molar refractivity (Wildman–Crippen MR) is 54.3 cm³/mol. The van der Waals surface area contributed by atoms with Crippen LogP contribution >= 0.6 is 12.2 Å². The van der Waals surface area contributed by atoms with Crippen molar-refractivity contribution in [3.8, 4) is 0 Å². The fraction of sp³-hybridized carbons (Fsp3) is 0.250. The molecule has 2 N–H and O–H groups in total. The third-order valence-corrected chi connectivity index (χ3v) is 1.69. The molecule has 1 heterocycles. The van der Waals surface area contributed by atoms with E-state index in [4.69, 9.17) is 12.2 Å². The van der Waals surface area contributed by atoms with Gasteiger partial charge in [-0.15, -0.1) is 0 Å². The summed E-state index contributed by atoms with van der Waals surface area (Å²) in [6, 6.07) is 3.87. The largest absolute Gasteiger partial charge is 0.365 e. The Hall–Kier alpha value is -1.16. The molecule has 4 heteroatoms. The molecule has 0 saturated carbocycles. The van der Waals surface area contributed by atoms with Gasteiger partial charge in [0.25, 0.3) is 0 Å². The lowest BCUT2D eigenvalue weighted by Crippen LogP contribution is -2.24. The van der Waals surface area contributed by atoms with Crippen LogP contribution < -0.4 is 10.6 Å². The Morgan fingerprint density at radius 2 is 2.33 bits per heavy atom. The zero-order valence-electron chi connectivity index (χ0n) is 7.09. The van der Waals surface area contributed by atoms with Gasteiger partial charge in [0.05, 0.1) is 0 Å². The van der Waals surface area contributed by atoms with Crippen molar-refractivity contribution in [1.82, 2.24) is 10.3 Å². The summed E-state index contributed by atoms with van der Waals surface area (Å²) in [7, 11) is 1.77. The van der Waals surface area contributed by atoms with E-state index in [0.29, 0.717) is 5.11 Å². The van der Waals surface area contributed by atoms with E-state index in [0.717, 1.165) is 11.4 Å². The lowest BCUT2D eigenvalue weighted by atomic mass is 10.3. The van der Waals surface area contributed by atoms with Crippen LogP contribution in [0.3, 0.4) is 0 Å². The third kappa shape index (κ3) is 2.47. The molecule has 0 spiro atoms. The first kappa shape index (κ1) is 8.93. The molecule has 1 aromatic rings. The van der Waals surface area contributed by atoms with Crippen molar-refractivity contribution < 1.29 is 0 Å². The van der Waals surface area contributed by atoms with Crippen LogP contribution in [-0.2, 0) is 0 Å². The average Bonchev–Trinajstić information content (AvgIpc) is 2.04. The SMILES string of the molecule is CNC(=S)Nc1cc(C)ccn1. The molecular formula is C8H11N3S. The summed E-state index contributed by atoms with van der Waals surface area (Å²) >= 11 is 4.92. The number of anilines is 1. The fourth-order valence-electron chi connectivity index (χ4n) is 0.783. The molecule has 0 saturated heterocycles. The number of nitrogens with one attached hydrogen (secondary N) is 2. The third-order valence-electron chi connectivity index (χ3n) is 1.38. The van der Waals surface area contributed by atoms with Gasteiger partial charge in [-0.2, -0.15) is 0 Å². The minimum absolute atomic E-state index is 0.577. The topological polar surface area (TPSA) is 37.0 Å². The zero-order chi connectivity index (χ0) is 8.97. The second-order valence-electron chi connectivity index (χ2n) is 2.42. The van der Waals surface area contributed by atoms with E-state index in [9.17, 15) is 0 Å². The molecule has 0 aliphatic rings. The zero-order valence-corrected chi connectivity index (χ0v) is 7.90. The maximum Gasteiger partial charge on any atom is 0.171 e. The Labute approximate surface area is 77.2 Å². The first-order valence-electron chi connectivity index (χ1n) is 3.64. The van der Waals surface area contributed by atoms with E-state index < -0.39 is 0 Å². The van der Waals surface area contributed by atoms with Gasteiger partial charge in [0, 0.05) is 13.2 Å². The summed E-state index contributed by atoms with van der Waals surface area (Å²) in [4.78, 5) is 4.09. The molecule has 1 aromatic heterocycles. The first-order chi connectivity index (χ1) is 5.72. The lowest BCUT2D eigenvalue weighted by molar-refractivity contribution is 1.18. The van der Waals surface area contributed by atoms with Gasteiger partial charge in [-0.25, -0.2) is 4.98 Å². The first-order valence-corrected chi connectivity index (χ1v) is 4.04. The van der Waals surface area contributed by atoms with Crippen molar-refractivity contribution in [2.75, 3.05) is 12.4 Å². The van der Waals surface area contributed by atoms with Crippen molar-refractivity contribution >= 4 is 23.1 Å². The summed E-state index contributed by atoms with van der Waals surface area (Å²) < 4.78 is 0. The van der Waals surface area contributed by atoms with Crippen LogP contribution in [0.5, 0.6) is 0 Å². The van der Waals surface area contributed by atoms with Crippen molar-refractivity contribution in [2.24, 2.45) is 0 Å². The Morgan fingerprint density at radius 1 is 1.58 bits per heavy atom. The Morgan fingerprint density at radius 3 is 2.92 bits per heavy atom. The van der Waals surface area contributed by atoms with E-state index in [1.54, 1.807) is 13.2 Å². The van der Waals surface area contributed by atoms with E-state index in [1.807, 2.05) is 19.1 Å². The lowest BCUT2D eigenvalue weighted by Gasteiger charge is -2.05. The quantitative estimate of drug-likeness (QED) is 0.640. The second kappa shape index (κ2) is 4.01. The molecule has 0 atom stereocenters. The summed E-state index contributed by atoms with van der Waals surface area (Å²) in [5, 5.41) is 6.33. The smallest absolute Gasteiger partial charge is 0.171 e. The Bertz CT molecular complexity index is 285. The molecule has 0 aromatic carbocycles. The average molecular weight is 181 g/mol. The molecular weight excluding hydrogens is 170 g/mol. The van der Waals surface area contributed by atoms with Crippen molar-refractivity contribution in [1.29, 1.82) is 0 Å². The molecule has 0 unspecified atom stereocenters. The van der Waals surface area contributed by atoms with Crippen LogP contribution in [0, 0.1) is 6.92 Å². The van der Waals surface area contributed by atoms with E-state index in [-0.39, 0.29) is 0 Å². The Kier molecular flexibility index (Phi) is 2.99. The van der Waals surface area contributed by atoms with Gasteiger partial charge >= 0.3 is 0 Å². The minimum Gasteiger partial charge on any atom is -0.365 e. The number of hydrogen-bond donors (Lipinski definition) is 2. The number of pyridine rings is 1. The summed E-state index contributed by atoms with van der Waals surface area (Å²) in [6.07, 6.45) is 1.75. The number of nitrogens with zero attached hydrogens (tertiary/aromatic N) is 1. The number of aryl methyl sites for hydroxylation is 1. The fourth-order valence-corrected chi connectivity index (χ4v) is 0.888. The van der Waals surface area contributed by atoms with E-state index in [2.05, 4.69) is 15.6 Å². The molecule has 0 bridgehead atoms. The van der Waals surface area contributed by atoms with Gasteiger partial charge in [-0.3, -0.25) is 0 Å². The maximum absolute atomic E-state index is 4.92. The van der Waals surface area contributed by atoms with Crippen molar-refractivity contribution in [2.45, 2.75) is 6.92 Å². The van der Waals surface area contributed by atoms with Gasteiger partial charge in [0.15, 0.2) is 5.11 Å². The molecule has 3 nitrogen and oxygen atoms in total. The van der Waals surface area contributed by atoms with Crippen LogP contribution in [0.25, 0.3) is 0 Å². The number of hydrogen-bond acceptors (Lipinski definition) is 2. The number of rotatable bonds is 1. The van der Waals surface area contributed by atoms with Crippen molar-refractivity contribution in [3.63, 3.8) is 0 Å². The molecule has 1 rings (SSSR count). The molecule has 0 aliphatic heterocycles. The van der Waals surface area contributed by atoms with Gasteiger partial charge in [-0.05, 0) is 36.8 Å². The van der Waals surface area contributed by atoms with Crippen LogP contribution in [-0.4, -0.2) is 17.1 Å². The minimum atomic E-state index is 0.577. The summed E-state index contributed by atoms with van der Waals surface area (Å²) in [5.41, 5.74) is 1.16. The molecule has 12 heavy (non-hydrogen) atoms. The van der Waals surface area contributed by atoms with Gasteiger partial charge < -0.3 is 10.6 Å². The number of thiocarbonyl (C=S) groups is 1. The highest BCUT2D eigenvalue weighted by Crippen LogP contribution is 2.04. The summed E-state index contributed by atoms with van der Waals surface area (Å²) in [6.45, 7) is 2.01. The van der Waals surface area contributed by atoms with Crippen LogP contribution in [0.15, 0.2) is 18.3 Å². The normalized spacial score (nSPS) is 9.17. The van der Waals surface area contributed by atoms with Gasteiger partial charge in [-0.1, -0.05) is 0 Å². The summed E-state index contributed by atoms with van der Waals surface area (Å²) in [5.74, 6) is 0.773. The highest BCUT2D eigenvalue weighted by Gasteiger charge is 1.94. The number of aromatic nitrogens is 1. The monoisotopic (exact) mass is 181 g/mol. The molecule has 0 radical (unpaired) electrons. The molecule has 0 amide bonds. The van der Waals surface area contributed by atoms with Crippen molar-refractivity contribution in [3.05, 3.63) is 23.9 Å². The second-order valence-corrected chi connectivity index (χ2v) is 2.83. The predicted octanol–water partition coefficient (Wildman–Crippen LogP) is 1.31. The van der Waals surface area contributed by atoms with Crippen LogP contribution in [0.4, 0.5) is 5.82 Å². The maximum atomic E-state index is 4.92. The van der Waals surface area contributed by atoms with Gasteiger partial charge in [0.2, 0.25) is 0 Å². The highest BCUT2D eigenvalue weighted by atomic mass is 32.1. The Balaban J connectivity index is 2.69. The molecule has 64 valence electrons.